The van der Waals surface area contributed by atoms with Crippen LogP contribution in [0.5, 0.6) is 11.5 Å². The Kier molecular flexibility index (Phi) is 8.11. The molecule has 1 aliphatic carbocycles. The molecule has 1 fully saturated rings. The number of nitrogens with one attached hydrogen (secondary N) is 1. The minimum Gasteiger partial charge on any atom is -0.489 e. The zero-order valence-corrected chi connectivity index (χ0v) is 18.4. The summed E-state index contributed by atoms with van der Waals surface area (Å²) in [6, 6.07) is 14.6. The maximum absolute atomic E-state index is 13.0. The van der Waals surface area contributed by atoms with Crippen LogP contribution in [0.4, 0.5) is 0 Å². The van der Waals surface area contributed by atoms with Gasteiger partial charge in [0.1, 0.15) is 12.1 Å². The zero-order chi connectivity index (χ0) is 23.0. The molecule has 1 amide bonds. The molecule has 7 nitrogen and oxygen atoms in total. The number of aliphatic hydroxyl groups is 1. The number of hydrogen-bond donors (Lipinski definition) is 3. The van der Waals surface area contributed by atoms with Crippen LogP contribution < -0.4 is 14.8 Å². The van der Waals surface area contributed by atoms with Crippen LogP contribution in [0.2, 0.25) is 0 Å². The third-order valence-corrected chi connectivity index (χ3v) is 5.94. The number of carbonyl (C=O) groups is 2. The first-order valence-corrected chi connectivity index (χ1v) is 11.0. The lowest BCUT2D eigenvalue weighted by atomic mass is 9.77. The van der Waals surface area contributed by atoms with E-state index >= 15 is 0 Å². The summed E-state index contributed by atoms with van der Waals surface area (Å²) in [7, 11) is 0. The molecular formula is C25H31NO6. The maximum atomic E-state index is 13.0. The topological polar surface area (TPSA) is 105 Å². The quantitative estimate of drug-likeness (QED) is 0.522. The Bertz CT molecular complexity index is 906. The van der Waals surface area contributed by atoms with Crippen LogP contribution in [0.15, 0.2) is 48.5 Å². The summed E-state index contributed by atoms with van der Waals surface area (Å²) in [4.78, 5) is 24.9. The van der Waals surface area contributed by atoms with Crippen molar-refractivity contribution in [3.63, 3.8) is 0 Å². The Balaban J connectivity index is 1.74. The van der Waals surface area contributed by atoms with Crippen molar-refractivity contribution in [2.45, 2.75) is 44.6 Å². The van der Waals surface area contributed by atoms with E-state index in [1.165, 1.54) is 0 Å². The predicted molar refractivity (Wildman–Crippen MR) is 120 cm³/mol. The number of hydrogen-bond acceptors (Lipinski definition) is 5. The number of carbonyl (C=O) groups excluding carboxylic acids is 1. The molecule has 0 saturated heterocycles. The minimum atomic E-state index is -1.25. The zero-order valence-electron chi connectivity index (χ0n) is 18.4. The van der Waals surface area contributed by atoms with Gasteiger partial charge in [0.15, 0.2) is 11.5 Å². The lowest BCUT2D eigenvalue weighted by Gasteiger charge is -2.36. The fourth-order valence-electron chi connectivity index (χ4n) is 3.90. The van der Waals surface area contributed by atoms with Crippen molar-refractivity contribution in [1.29, 1.82) is 0 Å². The molecule has 172 valence electrons. The monoisotopic (exact) mass is 441 g/mol. The molecule has 3 N–H and O–H groups in total. The second-order valence-electron chi connectivity index (χ2n) is 8.34. The summed E-state index contributed by atoms with van der Waals surface area (Å²) in [6.07, 6.45) is 3.01. The number of ether oxygens (including phenoxy) is 2. The molecule has 1 saturated carbocycles. The lowest BCUT2D eigenvalue weighted by molar-refractivity contribution is -0.146. The van der Waals surface area contributed by atoms with Crippen LogP contribution in [0.3, 0.4) is 0 Å². The van der Waals surface area contributed by atoms with Crippen molar-refractivity contribution in [2.24, 2.45) is 5.92 Å². The summed E-state index contributed by atoms with van der Waals surface area (Å²) in [6.45, 7) is 2.42. The van der Waals surface area contributed by atoms with Crippen LogP contribution in [0, 0.1) is 5.92 Å². The molecule has 2 aromatic carbocycles. The third kappa shape index (κ3) is 6.01. The summed E-state index contributed by atoms with van der Waals surface area (Å²) < 4.78 is 11.4. The highest BCUT2D eigenvalue weighted by Gasteiger charge is 2.42. The first-order chi connectivity index (χ1) is 15.4. The molecule has 0 heterocycles. The van der Waals surface area contributed by atoms with Crippen LogP contribution in [0.1, 0.15) is 48.5 Å². The molecule has 0 aromatic heterocycles. The molecule has 0 radical (unpaired) electrons. The van der Waals surface area contributed by atoms with Gasteiger partial charge in [-0.2, -0.15) is 0 Å². The molecule has 0 atom stereocenters. The standard InChI is InChI=1S/C25H31NO6/c1-18-9-12-25(13-10-18,24(29)30)26-23(28)20-7-8-21(32-16-14-27)22(17-20)31-15-11-19-5-3-2-4-6-19/h2-8,17-18,27H,9-16H2,1H3,(H,26,28)(H,29,30)/t18-,25+. The number of benzene rings is 2. The summed E-state index contributed by atoms with van der Waals surface area (Å²) in [5, 5.41) is 21.7. The van der Waals surface area contributed by atoms with Gasteiger partial charge in [-0.15, -0.1) is 0 Å². The first kappa shape index (κ1) is 23.6. The second-order valence-corrected chi connectivity index (χ2v) is 8.34. The number of rotatable bonds is 10. The molecule has 0 spiro atoms. The van der Waals surface area contributed by atoms with E-state index in [1.807, 2.05) is 30.3 Å². The first-order valence-electron chi connectivity index (χ1n) is 11.0. The highest BCUT2D eigenvalue weighted by Crippen LogP contribution is 2.33. The Hall–Kier alpha value is -3.06. The van der Waals surface area contributed by atoms with Crippen molar-refractivity contribution in [1.82, 2.24) is 5.32 Å². The SMILES string of the molecule is C[C@H]1CC[C@](NC(=O)c2ccc(OCCO)c(OCCc3ccccc3)c2)(C(=O)O)CC1. The van der Waals surface area contributed by atoms with Crippen molar-refractivity contribution < 1.29 is 29.3 Å². The van der Waals surface area contributed by atoms with Crippen LogP contribution in [-0.2, 0) is 11.2 Å². The number of carboxylic acids is 1. The maximum Gasteiger partial charge on any atom is 0.329 e. The van der Waals surface area contributed by atoms with E-state index < -0.39 is 17.4 Å². The molecule has 3 rings (SSSR count). The Morgan fingerprint density at radius 2 is 1.72 bits per heavy atom. The molecule has 0 unspecified atom stereocenters. The smallest absolute Gasteiger partial charge is 0.329 e. The van der Waals surface area contributed by atoms with E-state index in [2.05, 4.69) is 12.2 Å². The van der Waals surface area contributed by atoms with Crippen molar-refractivity contribution in [3.8, 4) is 11.5 Å². The van der Waals surface area contributed by atoms with Crippen molar-refractivity contribution >= 4 is 11.9 Å². The van der Waals surface area contributed by atoms with Gasteiger partial charge in [-0.25, -0.2) is 4.79 Å². The highest BCUT2D eigenvalue weighted by atomic mass is 16.5. The van der Waals surface area contributed by atoms with E-state index in [0.29, 0.717) is 48.8 Å². The Morgan fingerprint density at radius 1 is 1.03 bits per heavy atom. The van der Waals surface area contributed by atoms with E-state index in [1.54, 1.807) is 18.2 Å². The van der Waals surface area contributed by atoms with Gasteiger partial charge in [-0.3, -0.25) is 4.79 Å². The van der Waals surface area contributed by atoms with Gasteiger partial charge in [-0.05, 0) is 55.4 Å². The van der Waals surface area contributed by atoms with E-state index in [9.17, 15) is 14.7 Å². The Labute approximate surface area is 188 Å². The van der Waals surface area contributed by atoms with Crippen LogP contribution >= 0.6 is 0 Å². The van der Waals surface area contributed by atoms with Gasteiger partial charge >= 0.3 is 5.97 Å². The number of amides is 1. The molecule has 32 heavy (non-hydrogen) atoms. The number of aliphatic hydroxyl groups excluding tert-OH is 1. The second kappa shape index (κ2) is 11.0. The van der Waals surface area contributed by atoms with E-state index in [4.69, 9.17) is 14.6 Å². The normalized spacial score (nSPS) is 20.4. The van der Waals surface area contributed by atoms with E-state index in [0.717, 1.165) is 18.4 Å². The van der Waals surface area contributed by atoms with Crippen LogP contribution in [-0.4, -0.2) is 47.4 Å². The van der Waals surface area contributed by atoms with E-state index in [-0.39, 0.29) is 13.2 Å². The van der Waals surface area contributed by atoms with Gasteiger partial charge in [0.05, 0.1) is 13.2 Å². The van der Waals surface area contributed by atoms with Gasteiger partial charge in [-0.1, -0.05) is 37.3 Å². The van der Waals surface area contributed by atoms with Crippen molar-refractivity contribution in [3.05, 3.63) is 59.7 Å². The van der Waals surface area contributed by atoms with Crippen LogP contribution in [0.25, 0.3) is 0 Å². The van der Waals surface area contributed by atoms with Gasteiger partial charge < -0.3 is 25.0 Å². The van der Waals surface area contributed by atoms with Gasteiger partial charge in [0.2, 0.25) is 0 Å². The molecule has 7 heteroatoms. The fraction of sp³-hybridized carbons (Fsp3) is 0.440. The average molecular weight is 442 g/mol. The average Bonchev–Trinajstić information content (AvgIpc) is 2.80. The molecule has 0 bridgehead atoms. The molecule has 1 aliphatic rings. The number of aliphatic carboxylic acids is 1. The largest absolute Gasteiger partial charge is 0.489 e. The summed E-state index contributed by atoms with van der Waals surface area (Å²) >= 11 is 0. The van der Waals surface area contributed by atoms with Gasteiger partial charge in [0, 0.05) is 12.0 Å². The summed E-state index contributed by atoms with van der Waals surface area (Å²) in [5.41, 5.74) is 0.175. The third-order valence-electron chi connectivity index (χ3n) is 5.94. The summed E-state index contributed by atoms with van der Waals surface area (Å²) in [5.74, 6) is -0.206. The Morgan fingerprint density at radius 3 is 2.38 bits per heavy atom. The van der Waals surface area contributed by atoms with Crippen molar-refractivity contribution in [2.75, 3.05) is 19.8 Å². The molecule has 0 aliphatic heterocycles. The molecule has 2 aromatic rings. The lowest BCUT2D eigenvalue weighted by Crippen LogP contribution is -2.56. The number of carboxylic acid groups (broad SMARTS) is 1. The highest BCUT2D eigenvalue weighted by molar-refractivity contribution is 5.98. The minimum absolute atomic E-state index is 0.0981. The molecular weight excluding hydrogens is 410 g/mol. The van der Waals surface area contributed by atoms with Gasteiger partial charge in [0.25, 0.3) is 5.91 Å². The predicted octanol–water partition coefficient (Wildman–Crippen LogP) is 3.44. The fourth-order valence-corrected chi connectivity index (χ4v) is 3.90.